The molecule has 0 bridgehead atoms. The number of benzene rings is 1. The Labute approximate surface area is 198 Å². The lowest BCUT2D eigenvalue weighted by Gasteiger charge is -2.38. The molecule has 4 amide bonds. The second-order valence-electron chi connectivity index (χ2n) is 9.69. The van der Waals surface area contributed by atoms with Crippen molar-refractivity contribution in [2.75, 3.05) is 18.0 Å². The van der Waals surface area contributed by atoms with Crippen LogP contribution in [0.5, 0.6) is 0 Å². The molecule has 0 aliphatic carbocycles. The van der Waals surface area contributed by atoms with Crippen molar-refractivity contribution in [3.05, 3.63) is 41.1 Å². The number of allylic oxidation sites excluding steroid dienone is 1. The maximum absolute atomic E-state index is 13.0. The fraction of sp³-hybridized carbons (Fsp3) is 0.400. The van der Waals surface area contributed by atoms with Crippen molar-refractivity contribution in [3.8, 4) is 11.8 Å². The van der Waals surface area contributed by atoms with Crippen LogP contribution in [0.4, 0.5) is 5.69 Å². The summed E-state index contributed by atoms with van der Waals surface area (Å²) >= 11 is 0. The van der Waals surface area contributed by atoms with Gasteiger partial charge in [-0.15, -0.1) is 0 Å². The molecule has 1 unspecified atom stereocenters. The molecule has 1 aromatic rings. The molecular weight excluding hydrogens is 434 g/mol. The topological polar surface area (TPSA) is 123 Å². The highest BCUT2D eigenvalue weighted by Crippen LogP contribution is 2.32. The molecule has 34 heavy (non-hydrogen) atoms. The van der Waals surface area contributed by atoms with Crippen molar-refractivity contribution in [2.24, 2.45) is 5.92 Å². The molecule has 3 aliphatic rings. The summed E-state index contributed by atoms with van der Waals surface area (Å²) in [5, 5.41) is 12.9. The van der Waals surface area contributed by atoms with Crippen molar-refractivity contribution < 1.29 is 19.2 Å². The Hall–Kier alpha value is -3.93. The van der Waals surface area contributed by atoms with Gasteiger partial charge in [0.15, 0.2) is 0 Å². The van der Waals surface area contributed by atoms with E-state index in [0.717, 1.165) is 10.6 Å². The third-order valence-corrected chi connectivity index (χ3v) is 5.91. The molecule has 0 radical (unpaired) electrons. The van der Waals surface area contributed by atoms with Gasteiger partial charge in [0.2, 0.25) is 11.8 Å². The number of hydrogen-bond acceptors (Lipinski definition) is 7. The molecule has 2 saturated heterocycles. The number of carbonyl (C=O) groups excluding carboxylic acids is 4. The molecule has 0 spiro atoms. The highest BCUT2D eigenvalue weighted by atomic mass is 16.2. The number of amides is 4. The zero-order valence-corrected chi connectivity index (χ0v) is 19.4. The van der Waals surface area contributed by atoms with Gasteiger partial charge < -0.3 is 15.6 Å². The van der Waals surface area contributed by atoms with Crippen LogP contribution in [-0.2, 0) is 9.59 Å². The Kier molecular flexibility index (Phi) is 6.00. The normalized spacial score (nSPS) is 20.9. The second kappa shape index (κ2) is 8.78. The Morgan fingerprint density at radius 2 is 1.85 bits per heavy atom. The summed E-state index contributed by atoms with van der Waals surface area (Å²) < 4.78 is 0. The second-order valence-corrected chi connectivity index (χ2v) is 9.69. The van der Waals surface area contributed by atoms with E-state index in [0.29, 0.717) is 18.7 Å². The molecule has 176 valence electrons. The number of nitrogens with zero attached hydrogens (tertiary/aromatic N) is 2. The van der Waals surface area contributed by atoms with E-state index in [-0.39, 0.29) is 35.4 Å². The first-order valence-electron chi connectivity index (χ1n) is 11.2. The minimum absolute atomic E-state index is 0.0897. The fourth-order valence-electron chi connectivity index (χ4n) is 4.03. The minimum atomic E-state index is -0.971. The fourth-order valence-corrected chi connectivity index (χ4v) is 4.03. The molecule has 1 aromatic carbocycles. The van der Waals surface area contributed by atoms with Crippen molar-refractivity contribution in [1.82, 2.24) is 15.5 Å². The van der Waals surface area contributed by atoms with Crippen LogP contribution in [0, 0.1) is 23.2 Å². The van der Waals surface area contributed by atoms with E-state index in [1.165, 1.54) is 6.21 Å². The van der Waals surface area contributed by atoms with Crippen LogP contribution >= 0.6 is 0 Å². The summed E-state index contributed by atoms with van der Waals surface area (Å²) in [4.78, 5) is 52.5. The SMILES string of the molecule is CC(C)(C)N/C=C(/C#CC1CN(c2ccc3c(c2)C(=O)N(C2CCC(=O)NC2=O)C3=O)C1)C=N. The Bertz CT molecular complexity index is 1180. The van der Waals surface area contributed by atoms with E-state index in [1.807, 2.05) is 20.8 Å². The molecule has 3 N–H and O–H groups in total. The van der Waals surface area contributed by atoms with Crippen LogP contribution in [0.15, 0.2) is 30.0 Å². The summed E-state index contributed by atoms with van der Waals surface area (Å²) in [6.07, 6.45) is 3.19. The number of anilines is 1. The molecule has 0 aromatic heterocycles. The van der Waals surface area contributed by atoms with E-state index in [2.05, 4.69) is 27.4 Å². The van der Waals surface area contributed by atoms with Crippen LogP contribution < -0.4 is 15.5 Å². The Morgan fingerprint density at radius 1 is 1.15 bits per heavy atom. The third kappa shape index (κ3) is 4.57. The van der Waals surface area contributed by atoms with Crippen LogP contribution in [0.3, 0.4) is 0 Å². The largest absolute Gasteiger partial charge is 0.385 e. The van der Waals surface area contributed by atoms with Crippen molar-refractivity contribution in [1.29, 1.82) is 5.41 Å². The molecule has 3 heterocycles. The number of hydrogen-bond donors (Lipinski definition) is 3. The highest BCUT2D eigenvalue weighted by molar-refractivity contribution is 6.23. The maximum atomic E-state index is 13.0. The number of fused-ring (bicyclic) bond motifs is 1. The van der Waals surface area contributed by atoms with E-state index in [4.69, 9.17) is 5.41 Å². The van der Waals surface area contributed by atoms with Crippen molar-refractivity contribution in [2.45, 2.75) is 45.2 Å². The summed E-state index contributed by atoms with van der Waals surface area (Å²) in [6, 6.07) is 4.11. The molecule has 2 fully saturated rings. The molecule has 1 atom stereocenters. The number of carbonyl (C=O) groups is 4. The van der Waals surface area contributed by atoms with Gasteiger partial charge in [0.1, 0.15) is 6.04 Å². The molecule has 9 nitrogen and oxygen atoms in total. The molecule has 4 rings (SSSR count). The molecular formula is C25H27N5O4. The Balaban J connectivity index is 1.42. The van der Waals surface area contributed by atoms with Crippen LogP contribution in [-0.4, -0.2) is 59.4 Å². The predicted molar refractivity (Wildman–Crippen MR) is 126 cm³/mol. The standard InChI is InChI=1S/C25H27N5O4/c1-25(2,3)27-12-15(11-26)4-5-16-13-29(14-16)17-6-7-18-19(10-17)24(34)30(23(18)33)20-8-9-21(31)28-22(20)32/h6-7,10-12,16,20,26-27H,8-9,13-14H2,1-3H3,(H,28,31,32)/b15-12-,26-11?. The number of nitrogens with one attached hydrogen (secondary N) is 3. The number of piperidine rings is 1. The average Bonchev–Trinajstić information content (AvgIpc) is 2.98. The average molecular weight is 462 g/mol. The number of imide groups is 2. The molecule has 3 aliphatic heterocycles. The lowest BCUT2D eigenvalue weighted by atomic mass is 9.98. The number of rotatable bonds is 4. The van der Waals surface area contributed by atoms with Crippen molar-refractivity contribution >= 4 is 35.5 Å². The van der Waals surface area contributed by atoms with Gasteiger partial charge in [-0.05, 0) is 45.4 Å². The first kappa shape index (κ1) is 23.2. The zero-order chi connectivity index (χ0) is 24.6. The van der Waals surface area contributed by atoms with Gasteiger partial charge in [-0.3, -0.25) is 29.4 Å². The van der Waals surface area contributed by atoms with Gasteiger partial charge in [-0.2, -0.15) is 0 Å². The van der Waals surface area contributed by atoms with Crippen LogP contribution in [0.1, 0.15) is 54.3 Å². The van der Waals surface area contributed by atoms with Gasteiger partial charge in [-0.25, -0.2) is 0 Å². The Morgan fingerprint density at radius 3 is 2.50 bits per heavy atom. The van der Waals surface area contributed by atoms with Crippen LogP contribution in [0.25, 0.3) is 0 Å². The van der Waals surface area contributed by atoms with E-state index >= 15 is 0 Å². The van der Waals surface area contributed by atoms with E-state index < -0.39 is 29.7 Å². The van der Waals surface area contributed by atoms with Gasteiger partial charge in [0.25, 0.3) is 11.8 Å². The smallest absolute Gasteiger partial charge is 0.262 e. The third-order valence-electron chi connectivity index (χ3n) is 5.91. The first-order valence-corrected chi connectivity index (χ1v) is 11.2. The van der Waals surface area contributed by atoms with E-state index in [1.54, 1.807) is 24.4 Å². The van der Waals surface area contributed by atoms with E-state index in [9.17, 15) is 19.2 Å². The first-order chi connectivity index (χ1) is 16.1. The predicted octanol–water partition coefficient (Wildman–Crippen LogP) is 1.45. The maximum Gasteiger partial charge on any atom is 0.262 e. The molecule has 0 saturated carbocycles. The summed E-state index contributed by atoms with van der Waals surface area (Å²) in [5.74, 6) is 4.30. The lowest BCUT2D eigenvalue weighted by Crippen LogP contribution is -2.54. The van der Waals surface area contributed by atoms with Gasteiger partial charge in [-0.1, -0.05) is 11.8 Å². The highest BCUT2D eigenvalue weighted by Gasteiger charge is 2.45. The summed E-state index contributed by atoms with van der Waals surface area (Å²) in [6.45, 7) is 7.43. The van der Waals surface area contributed by atoms with Crippen LogP contribution in [0.2, 0.25) is 0 Å². The molecule has 9 heteroatoms. The van der Waals surface area contributed by atoms with Gasteiger partial charge in [0, 0.05) is 43.2 Å². The van der Waals surface area contributed by atoms with Gasteiger partial charge in [0.05, 0.1) is 22.6 Å². The minimum Gasteiger partial charge on any atom is -0.385 e. The van der Waals surface area contributed by atoms with Gasteiger partial charge >= 0.3 is 0 Å². The summed E-state index contributed by atoms with van der Waals surface area (Å²) in [5.41, 5.74) is 1.83. The quantitative estimate of drug-likeness (QED) is 0.354. The summed E-state index contributed by atoms with van der Waals surface area (Å²) in [7, 11) is 0. The zero-order valence-electron chi connectivity index (χ0n) is 19.4. The lowest BCUT2D eigenvalue weighted by molar-refractivity contribution is -0.136. The van der Waals surface area contributed by atoms with Crippen molar-refractivity contribution in [3.63, 3.8) is 0 Å². The monoisotopic (exact) mass is 461 g/mol.